The molecule has 0 saturated heterocycles. The van der Waals surface area contributed by atoms with Crippen molar-refractivity contribution in [3.05, 3.63) is 90.0 Å². The largest absolute Gasteiger partial charge is 0.497 e. The van der Waals surface area contributed by atoms with Crippen molar-refractivity contribution in [2.24, 2.45) is 0 Å². The lowest BCUT2D eigenvalue weighted by Gasteiger charge is -2.34. The highest BCUT2D eigenvalue weighted by Gasteiger charge is 2.34. The standard InChI is InChI=1S/C34H43N3O5S/c1-4-26-16-20-29(21-17-26)37(43(40,41)31-14-10-7-11-15-31)25-33(38)36(24-27-18-22-30(42-3)23-19-27)32(5-2)34(39)35-28-12-8-6-9-13-28/h7,10-11,14-23,28,32H,4-6,8-9,12-13,24-25H2,1-3H3,(H,35,39)/t32-/m1/s1. The van der Waals surface area contributed by atoms with Crippen molar-refractivity contribution < 1.29 is 22.7 Å². The number of sulfonamides is 1. The maximum absolute atomic E-state index is 14.3. The van der Waals surface area contributed by atoms with Gasteiger partial charge in [-0.15, -0.1) is 0 Å². The van der Waals surface area contributed by atoms with E-state index >= 15 is 0 Å². The Bertz CT molecular complexity index is 1440. The fourth-order valence-corrected chi connectivity index (χ4v) is 6.97. The second kappa shape index (κ2) is 15.0. The Labute approximate surface area is 256 Å². The maximum atomic E-state index is 14.3. The van der Waals surface area contributed by atoms with Crippen molar-refractivity contribution in [2.45, 2.75) is 82.3 Å². The predicted molar refractivity (Wildman–Crippen MR) is 169 cm³/mol. The van der Waals surface area contributed by atoms with Gasteiger partial charge in [0.1, 0.15) is 18.3 Å². The van der Waals surface area contributed by atoms with Gasteiger partial charge in [-0.25, -0.2) is 8.42 Å². The number of nitrogens with one attached hydrogen (secondary N) is 1. The average Bonchev–Trinajstić information content (AvgIpc) is 3.04. The topological polar surface area (TPSA) is 96.0 Å². The van der Waals surface area contributed by atoms with E-state index in [4.69, 9.17) is 4.74 Å². The molecule has 0 heterocycles. The monoisotopic (exact) mass is 605 g/mol. The maximum Gasteiger partial charge on any atom is 0.264 e. The number of benzene rings is 3. The quantitative estimate of drug-likeness (QED) is 0.269. The van der Waals surface area contributed by atoms with Crippen LogP contribution in [0.3, 0.4) is 0 Å². The summed E-state index contributed by atoms with van der Waals surface area (Å²) in [5.41, 5.74) is 2.25. The summed E-state index contributed by atoms with van der Waals surface area (Å²) in [6, 6.07) is 22.0. The second-order valence-electron chi connectivity index (χ2n) is 11.0. The van der Waals surface area contributed by atoms with Gasteiger partial charge in [0, 0.05) is 12.6 Å². The highest BCUT2D eigenvalue weighted by atomic mass is 32.2. The minimum absolute atomic E-state index is 0.0836. The molecule has 230 valence electrons. The molecule has 0 unspecified atom stereocenters. The molecule has 4 rings (SSSR count). The predicted octanol–water partition coefficient (Wildman–Crippen LogP) is 5.71. The van der Waals surface area contributed by atoms with Gasteiger partial charge in [0.25, 0.3) is 10.0 Å². The molecule has 0 aromatic heterocycles. The molecule has 1 saturated carbocycles. The van der Waals surface area contributed by atoms with E-state index in [0.29, 0.717) is 17.9 Å². The second-order valence-corrected chi connectivity index (χ2v) is 12.8. The van der Waals surface area contributed by atoms with E-state index in [1.54, 1.807) is 37.4 Å². The molecule has 1 aliphatic rings. The first kappa shape index (κ1) is 32.1. The van der Waals surface area contributed by atoms with Crippen LogP contribution in [0.4, 0.5) is 5.69 Å². The third-order valence-corrected chi connectivity index (χ3v) is 9.88. The summed E-state index contributed by atoms with van der Waals surface area (Å²) in [7, 11) is -2.51. The lowest BCUT2D eigenvalue weighted by atomic mass is 9.95. The van der Waals surface area contributed by atoms with Crippen LogP contribution >= 0.6 is 0 Å². The molecule has 3 aromatic carbocycles. The molecule has 0 aliphatic heterocycles. The van der Waals surface area contributed by atoms with E-state index in [0.717, 1.165) is 54.0 Å². The lowest BCUT2D eigenvalue weighted by Crippen LogP contribution is -2.54. The SMILES string of the molecule is CCc1ccc(N(CC(=O)N(Cc2ccc(OC)cc2)[C@H](CC)C(=O)NC2CCCCC2)S(=O)(=O)c2ccccc2)cc1. The molecule has 0 radical (unpaired) electrons. The summed E-state index contributed by atoms with van der Waals surface area (Å²) in [6.07, 6.45) is 6.33. The van der Waals surface area contributed by atoms with Crippen molar-refractivity contribution in [1.29, 1.82) is 0 Å². The fraction of sp³-hybridized carbons (Fsp3) is 0.412. The van der Waals surface area contributed by atoms with Crippen LogP contribution in [-0.4, -0.2) is 50.9 Å². The average molecular weight is 606 g/mol. The van der Waals surface area contributed by atoms with E-state index < -0.39 is 28.5 Å². The van der Waals surface area contributed by atoms with Crippen LogP contribution in [0.25, 0.3) is 0 Å². The van der Waals surface area contributed by atoms with Gasteiger partial charge < -0.3 is 15.0 Å². The molecule has 9 heteroatoms. The molecule has 1 atom stereocenters. The normalized spacial score (nSPS) is 14.5. The number of ether oxygens (including phenoxy) is 1. The van der Waals surface area contributed by atoms with Crippen LogP contribution in [0.2, 0.25) is 0 Å². The molecule has 8 nitrogen and oxygen atoms in total. The summed E-state index contributed by atoms with van der Waals surface area (Å²) in [5, 5.41) is 3.18. The smallest absolute Gasteiger partial charge is 0.264 e. The first-order valence-corrected chi connectivity index (χ1v) is 16.6. The summed E-state index contributed by atoms with van der Waals surface area (Å²) >= 11 is 0. The van der Waals surface area contributed by atoms with Gasteiger partial charge in [-0.2, -0.15) is 0 Å². The molecular weight excluding hydrogens is 562 g/mol. The molecule has 1 aliphatic carbocycles. The van der Waals surface area contributed by atoms with E-state index in [-0.39, 0.29) is 23.4 Å². The van der Waals surface area contributed by atoms with Crippen LogP contribution < -0.4 is 14.4 Å². The van der Waals surface area contributed by atoms with Crippen LogP contribution in [0.5, 0.6) is 5.75 Å². The number of hydrogen-bond donors (Lipinski definition) is 1. The fourth-order valence-electron chi connectivity index (χ4n) is 5.54. The van der Waals surface area contributed by atoms with Crippen LogP contribution in [0.15, 0.2) is 83.8 Å². The van der Waals surface area contributed by atoms with E-state index in [1.807, 2.05) is 50.2 Å². The van der Waals surface area contributed by atoms with Crippen LogP contribution in [0.1, 0.15) is 63.5 Å². The number of nitrogens with zero attached hydrogens (tertiary/aromatic N) is 2. The van der Waals surface area contributed by atoms with E-state index in [9.17, 15) is 18.0 Å². The molecule has 2 amide bonds. The van der Waals surface area contributed by atoms with Crippen molar-refractivity contribution in [3.8, 4) is 5.75 Å². The zero-order valence-electron chi connectivity index (χ0n) is 25.4. The number of hydrogen-bond acceptors (Lipinski definition) is 5. The van der Waals surface area contributed by atoms with Gasteiger partial charge in [-0.05, 0) is 73.2 Å². The number of carbonyl (C=O) groups is 2. The Kier molecular flexibility index (Phi) is 11.2. The summed E-state index contributed by atoms with van der Waals surface area (Å²) in [6.45, 7) is 3.60. The van der Waals surface area contributed by atoms with Gasteiger partial charge in [-0.3, -0.25) is 13.9 Å². The number of rotatable bonds is 13. The number of aryl methyl sites for hydroxylation is 1. The molecule has 3 aromatic rings. The van der Waals surface area contributed by atoms with Gasteiger partial charge >= 0.3 is 0 Å². The Balaban J connectivity index is 1.69. The summed E-state index contributed by atoms with van der Waals surface area (Å²) < 4.78 is 34.4. The minimum Gasteiger partial charge on any atom is -0.497 e. The number of anilines is 1. The summed E-state index contributed by atoms with van der Waals surface area (Å²) in [5.74, 6) is 0.0147. The molecule has 0 bridgehead atoms. The number of amides is 2. The third kappa shape index (κ3) is 8.16. The van der Waals surface area contributed by atoms with Crippen molar-refractivity contribution >= 4 is 27.5 Å². The van der Waals surface area contributed by atoms with Crippen LogP contribution in [0, 0.1) is 0 Å². The van der Waals surface area contributed by atoms with Gasteiger partial charge in [-0.1, -0.05) is 75.6 Å². The zero-order valence-corrected chi connectivity index (χ0v) is 26.2. The van der Waals surface area contributed by atoms with Crippen molar-refractivity contribution in [1.82, 2.24) is 10.2 Å². The molecular formula is C34H43N3O5S. The third-order valence-electron chi connectivity index (χ3n) is 8.09. The minimum atomic E-state index is -4.09. The Morgan fingerprint density at radius 1 is 0.884 bits per heavy atom. The first-order valence-electron chi connectivity index (χ1n) is 15.2. The van der Waals surface area contributed by atoms with E-state index in [2.05, 4.69) is 5.32 Å². The highest BCUT2D eigenvalue weighted by Crippen LogP contribution is 2.26. The van der Waals surface area contributed by atoms with E-state index in [1.165, 1.54) is 17.0 Å². The lowest BCUT2D eigenvalue weighted by molar-refractivity contribution is -0.140. The molecule has 1 N–H and O–H groups in total. The molecule has 43 heavy (non-hydrogen) atoms. The van der Waals surface area contributed by atoms with Crippen molar-refractivity contribution in [2.75, 3.05) is 18.0 Å². The Morgan fingerprint density at radius 3 is 2.09 bits per heavy atom. The Morgan fingerprint density at radius 2 is 1.51 bits per heavy atom. The van der Waals surface area contributed by atoms with Gasteiger partial charge in [0.15, 0.2) is 0 Å². The molecule has 0 spiro atoms. The van der Waals surface area contributed by atoms with Crippen molar-refractivity contribution in [3.63, 3.8) is 0 Å². The number of carbonyl (C=O) groups excluding carboxylic acids is 2. The number of methoxy groups -OCH3 is 1. The Hall–Kier alpha value is -3.85. The molecule has 1 fully saturated rings. The first-order chi connectivity index (χ1) is 20.8. The van der Waals surface area contributed by atoms with Gasteiger partial charge in [0.2, 0.25) is 11.8 Å². The van der Waals surface area contributed by atoms with Gasteiger partial charge in [0.05, 0.1) is 17.7 Å². The van der Waals surface area contributed by atoms with Crippen LogP contribution in [-0.2, 0) is 32.6 Å². The summed E-state index contributed by atoms with van der Waals surface area (Å²) in [4.78, 5) is 29.5. The zero-order chi connectivity index (χ0) is 30.8. The highest BCUT2D eigenvalue weighted by molar-refractivity contribution is 7.92.